The van der Waals surface area contributed by atoms with Gasteiger partial charge in [-0.1, -0.05) is 48.5 Å². The van der Waals surface area contributed by atoms with Gasteiger partial charge in [0.2, 0.25) is 5.91 Å². The van der Waals surface area contributed by atoms with Crippen LogP contribution < -0.4 is 10.6 Å². The number of carbonyl (C=O) groups is 3. The van der Waals surface area contributed by atoms with Gasteiger partial charge in [0.25, 0.3) is 0 Å². The van der Waals surface area contributed by atoms with Crippen LogP contribution in [0.25, 0.3) is 11.1 Å². The van der Waals surface area contributed by atoms with Crippen LogP contribution in [0.3, 0.4) is 0 Å². The van der Waals surface area contributed by atoms with E-state index in [2.05, 4.69) is 34.9 Å². The molecule has 35 heavy (non-hydrogen) atoms. The number of ether oxygens (including phenoxy) is 1. The van der Waals surface area contributed by atoms with E-state index in [0.29, 0.717) is 12.5 Å². The Kier molecular flexibility index (Phi) is 6.26. The molecule has 2 fully saturated rings. The molecule has 3 aliphatic carbocycles. The van der Waals surface area contributed by atoms with Crippen LogP contribution in [0.4, 0.5) is 4.79 Å². The predicted molar refractivity (Wildman–Crippen MR) is 131 cm³/mol. The van der Waals surface area contributed by atoms with Crippen molar-refractivity contribution >= 4 is 18.0 Å². The Morgan fingerprint density at radius 3 is 2.14 bits per heavy atom. The van der Waals surface area contributed by atoms with Crippen molar-refractivity contribution in [2.75, 3.05) is 13.2 Å². The van der Waals surface area contributed by atoms with Crippen LogP contribution in [-0.2, 0) is 14.3 Å². The maximum Gasteiger partial charge on any atom is 0.408 e. The third-order valence-corrected chi connectivity index (χ3v) is 7.82. The second-order valence-corrected chi connectivity index (χ2v) is 10.3. The summed E-state index contributed by atoms with van der Waals surface area (Å²) in [5, 5.41) is 15.0. The molecule has 0 spiro atoms. The topological polar surface area (TPSA) is 105 Å². The summed E-state index contributed by atoms with van der Waals surface area (Å²) < 4.78 is 5.68. The average molecular weight is 477 g/mol. The number of carboxylic acid groups (broad SMARTS) is 1. The van der Waals surface area contributed by atoms with Gasteiger partial charge in [-0.3, -0.25) is 9.59 Å². The molecular formula is C28H32N2O5. The molecule has 2 unspecified atom stereocenters. The number of rotatable bonds is 10. The van der Waals surface area contributed by atoms with E-state index in [1.165, 1.54) is 0 Å². The molecule has 0 saturated heterocycles. The van der Waals surface area contributed by atoms with E-state index in [0.717, 1.165) is 47.9 Å². The lowest BCUT2D eigenvalue weighted by atomic mass is 9.93. The van der Waals surface area contributed by atoms with Crippen molar-refractivity contribution in [1.82, 2.24) is 10.6 Å². The van der Waals surface area contributed by atoms with Gasteiger partial charge in [0.15, 0.2) is 0 Å². The Morgan fingerprint density at radius 1 is 1.00 bits per heavy atom. The van der Waals surface area contributed by atoms with Gasteiger partial charge < -0.3 is 20.5 Å². The van der Waals surface area contributed by atoms with Crippen molar-refractivity contribution in [2.24, 2.45) is 17.8 Å². The monoisotopic (exact) mass is 476 g/mol. The highest BCUT2D eigenvalue weighted by Crippen LogP contribution is 2.45. The van der Waals surface area contributed by atoms with Crippen molar-refractivity contribution in [3.63, 3.8) is 0 Å². The van der Waals surface area contributed by atoms with E-state index in [1.807, 2.05) is 24.3 Å². The summed E-state index contributed by atoms with van der Waals surface area (Å²) in [4.78, 5) is 37.3. The number of hydrogen-bond acceptors (Lipinski definition) is 4. The highest BCUT2D eigenvalue weighted by molar-refractivity contribution is 5.90. The van der Waals surface area contributed by atoms with Gasteiger partial charge in [-0.25, -0.2) is 4.79 Å². The smallest absolute Gasteiger partial charge is 0.408 e. The Balaban J connectivity index is 1.22. The molecule has 2 aromatic carbocycles. The van der Waals surface area contributed by atoms with Gasteiger partial charge >= 0.3 is 12.1 Å². The van der Waals surface area contributed by atoms with E-state index < -0.39 is 17.6 Å². The minimum Gasteiger partial charge on any atom is -0.481 e. The minimum atomic E-state index is -1.08. The van der Waals surface area contributed by atoms with E-state index in [4.69, 9.17) is 4.74 Å². The molecule has 2 atom stereocenters. The second-order valence-electron chi connectivity index (χ2n) is 10.3. The van der Waals surface area contributed by atoms with Crippen molar-refractivity contribution < 1.29 is 24.2 Å². The largest absolute Gasteiger partial charge is 0.481 e. The number of nitrogens with one attached hydrogen (secondary N) is 2. The van der Waals surface area contributed by atoms with Crippen molar-refractivity contribution in [1.29, 1.82) is 0 Å². The van der Waals surface area contributed by atoms with Crippen LogP contribution in [0.1, 0.15) is 56.1 Å². The second kappa shape index (κ2) is 9.36. The summed E-state index contributed by atoms with van der Waals surface area (Å²) in [6.45, 7) is 2.24. The Morgan fingerprint density at radius 2 is 1.60 bits per heavy atom. The highest BCUT2D eigenvalue weighted by atomic mass is 16.5. The lowest BCUT2D eigenvalue weighted by molar-refractivity contribution is -0.138. The molecule has 3 N–H and O–H groups in total. The molecule has 0 bridgehead atoms. The zero-order valence-electron chi connectivity index (χ0n) is 20.0. The summed E-state index contributed by atoms with van der Waals surface area (Å²) >= 11 is 0. The number of aliphatic carboxylic acids is 1. The van der Waals surface area contributed by atoms with E-state index in [9.17, 15) is 19.5 Å². The van der Waals surface area contributed by atoms with E-state index >= 15 is 0 Å². The zero-order valence-corrected chi connectivity index (χ0v) is 20.0. The predicted octanol–water partition coefficient (Wildman–Crippen LogP) is 4.31. The maximum absolute atomic E-state index is 13.2. The van der Waals surface area contributed by atoms with Gasteiger partial charge in [0, 0.05) is 12.5 Å². The molecule has 7 heteroatoms. The number of carboxylic acids is 1. The number of fused-ring (bicyclic) bond motifs is 3. The summed E-state index contributed by atoms with van der Waals surface area (Å²) in [5.41, 5.74) is 3.50. The number of alkyl carbamates (subject to hydrolysis) is 1. The highest BCUT2D eigenvalue weighted by Gasteiger charge is 2.49. The van der Waals surface area contributed by atoms with Crippen LogP contribution in [-0.4, -0.2) is 41.8 Å². The number of benzene rings is 2. The SMILES string of the molecule is CC(NC(=O)OCC1c2ccccc2-c2ccccc21)(C(=O)NCC(CC(=O)O)C1CC1)C1CC1. The molecule has 3 aliphatic rings. The van der Waals surface area contributed by atoms with Crippen molar-refractivity contribution in [3.05, 3.63) is 59.7 Å². The van der Waals surface area contributed by atoms with Crippen LogP contribution in [0.15, 0.2) is 48.5 Å². The standard InChI is InChI=1S/C28H32N2O5/c1-28(19-12-13-19,26(33)29-15-18(14-25(31)32)17-10-11-17)30-27(34)35-16-24-22-8-4-2-6-20(22)21-7-3-5-9-23(21)24/h2-9,17-19,24H,10-16H2,1H3,(H,29,33)(H,30,34)(H,31,32). The number of hydrogen-bond donors (Lipinski definition) is 3. The molecule has 0 heterocycles. The van der Waals surface area contributed by atoms with E-state index in [-0.39, 0.29) is 36.7 Å². The zero-order chi connectivity index (χ0) is 24.6. The molecule has 0 aliphatic heterocycles. The average Bonchev–Trinajstić information content (AvgIpc) is 3.75. The first-order chi connectivity index (χ1) is 16.9. The van der Waals surface area contributed by atoms with Crippen LogP contribution in [0, 0.1) is 17.8 Å². The first-order valence-electron chi connectivity index (χ1n) is 12.5. The Labute approximate surface area is 205 Å². The Hall–Kier alpha value is -3.35. The lowest BCUT2D eigenvalue weighted by Crippen LogP contribution is -2.59. The van der Waals surface area contributed by atoms with Crippen molar-refractivity contribution in [2.45, 2.75) is 50.5 Å². The summed E-state index contributed by atoms with van der Waals surface area (Å²) in [7, 11) is 0. The van der Waals surface area contributed by atoms with Crippen LogP contribution in [0.5, 0.6) is 0 Å². The Bertz CT molecular complexity index is 1090. The fraction of sp³-hybridized carbons (Fsp3) is 0.464. The molecular weight excluding hydrogens is 444 g/mol. The molecule has 2 amide bonds. The fourth-order valence-electron chi connectivity index (χ4n) is 5.46. The first kappa shape index (κ1) is 23.4. The number of carbonyl (C=O) groups excluding carboxylic acids is 2. The van der Waals surface area contributed by atoms with Gasteiger partial charge in [-0.15, -0.1) is 0 Å². The fourth-order valence-corrected chi connectivity index (χ4v) is 5.46. The van der Waals surface area contributed by atoms with E-state index in [1.54, 1.807) is 6.92 Å². The first-order valence-corrected chi connectivity index (χ1v) is 12.5. The minimum absolute atomic E-state index is 0.0434. The van der Waals surface area contributed by atoms with Gasteiger partial charge in [-0.05, 0) is 72.6 Å². The summed E-state index contributed by atoms with van der Waals surface area (Å²) in [6, 6.07) is 16.3. The van der Waals surface area contributed by atoms with Crippen molar-refractivity contribution in [3.8, 4) is 11.1 Å². The van der Waals surface area contributed by atoms with Crippen LogP contribution >= 0.6 is 0 Å². The van der Waals surface area contributed by atoms with Gasteiger partial charge in [-0.2, -0.15) is 0 Å². The third kappa shape index (κ3) is 4.90. The van der Waals surface area contributed by atoms with Gasteiger partial charge in [0.1, 0.15) is 12.1 Å². The summed E-state index contributed by atoms with van der Waals surface area (Å²) in [6.07, 6.45) is 3.16. The molecule has 7 nitrogen and oxygen atoms in total. The molecule has 0 aromatic heterocycles. The quantitative estimate of drug-likeness (QED) is 0.474. The molecule has 2 aromatic rings. The van der Waals surface area contributed by atoms with Crippen LogP contribution in [0.2, 0.25) is 0 Å². The summed E-state index contributed by atoms with van der Waals surface area (Å²) in [5.74, 6) is -0.850. The number of amides is 2. The normalized spacial score (nSPS) is 19.1. The lowest BCUT2D eigenvalue weighted by Gasteiger charge is -2.30. The molecule has 0 radical (unpaired) electrons. The molecule has 184 valence electrons. The maximum atomic E-state index is 13.2. The molecule has 5 rings (SSSR count). The molecule has 2 saturated carbocycles. The third-order valence-electron chi connectivity index (χ3n) is 7.82. The van der Waals surface area contributed by atoms with Gasteiger partial charge in [0.05, 0.1) is 6.42 Å².